The van der Waals surface area contributed by atoms with Gasteiger partial charge in [-0.25, -0.2) is 9.97 Å². The Hall–Kier alpha value is -1.20. The Morgan fingerprint density at radius 3 is 3.06 bits per heavy atom. The maximum Gasteiger partial charge on any atom is 0.136 e. The molecule has 5 nitrogen and oxygen atoms in total. The Morgan fingerprint density at radius 1 is 1.53 bits per heavy atom. The highest BCUT2D eigenvalue weighted by molar-refractivity contribution is 5.46. The molecule has 94 valence electrons. The predicted molar refractivity (Wildman–Crippen MR) is 67.0 cm³/mol. The number of hydrogen-bond donors (Lipinski definition) is 1. The van der Waals surface area contributed by atoms with Crippen molar-refractivity contribution in [2.24, 2.45) is 0 Å². The standard InChI is InChI=1S/C12H20N4O/c1-12(2)8-16(4-5-17-12)11-10(6-13-3)7-14-9-15-11/h7,9,13H,4-6,8H2,1-3H3. The maximum atomic E-state index is 5.72. The lowest BCUT2D eigenvalue weighted by Crippen LogP contribution is -2.49. The second kappa shape index (κ2) is 4.98. The highest BCUT2D eigenvalue weighted by Crippen LogP contribution is 2.23. The molecule has 2 heterocycles. The minimum Gasteiger partial charge on any atom is -0.372 e. The van der Waals surface area contributed by atoms with Gasteiger partial charge in [-0.3, -0.25) is 0 Å². The van der Waals surface area contributed by atoms with Crippen LogP contribution < -0.4 is 10.2 Å². The molecule has 0 radical (unpaired) electrons. The lowest BCUT2D eigenvalue weighted by atomic mass is 10.1. The Balaban J connectivity index is 2.21. The Bertz CT molecular complexity index is 381. The van der Waals surface area contributed by atoms with E-state index in [2.05, 4.69) is 34.0 Å². The molecule has 2 rings (SSSR count). The third-order valence-electron chi connectivity index (χ3n) is 2.86. The first kappa shape index (κ1) is 12.3. The summed E-state index contributed by atoms with van der Waals surface area (Å²) in [5.41, 5.74) is 1.02. The van der Waals surface area contributed by atoms with Gasteiger partial charge in [-0.15, -0.1) is 0 Å². The minimum absolute atomic E-state index is 0.111. The van der Waals surface area contributed by atoms with Gasteiger partial charge in [0, 0.05) is 31.4 Å². The third-order valence-corrected chi connectivity index (χ3v) is 2.86. The quantitative estimate of drug-likeness (QED) is 0.841. The summed E-state index contributed by atoms with van der Waals surface area (Å²) >= 11 is 0. The summed E-state index contributed by atoms with van der Waals surface area (Å²) in [5, 5.41) is 3.15. The van der Waals surface area contributed by atoms with Crippen molar-refractivity contribution in [2.45, 2.75) is 26.0 Å². The molecular weight excluding hydrogens is 216 g/mol. The number of ether oxygens (including phenoxy) is 1. The summed E-state index contributed by atoms with van der Waals surface area (Å²) in [4.78, 5) is 10.8. The third kappa shape index (κ3) is 2.92. The summed E-state index contributed by atoms with van der Waals surface area (Å²) in [7, 11) is 1.93. The van der Waals surface area contributed by atoms with E-state index in [0.717, 1.165) is 37.6 Å². The number of morpholine rings is 1. The molecule has 0 aliphatic carbocycles. The molecular formula is C12H20N4O. The Morgan fingerprint density at radius 2 is 2.35 bits per heavy atom. The van der Waals surface area contributed by atoms with Gasteiger partial charge in [0.05, 0.1) is 12.2 Å². The monoisotopic (exact) mass is 236 g/mol. The van der Waals surface area contributed by atoms with Crippen molar-refractivity contribution >= 4 is 5.82 Å². The second-order valence-electron chi connectivity index (χ2n) is 4.93. The number of aromatic nitrogens is 2. The van der Waals surface area contributed by atoms with E-state index in [1.165, 1.54) is 0 Å². The van der Waals surface area contributed by atoms with E-state index >= 15 is 0 Å². The van der Waals surface area contributed by atoms with E-state index in [0.29, 0.717) is 0 Å². The van der Waals surface area contributed by atoms with Gasteiger partial charge in [0.15, 0.2) is 0 Å². The van der Waals surface area contributed by atoms with Crippen molar-refractivity contribution in [3.8, 4) is 0 Å². The van der Waals surface area contributed by atoms with E-state index < -0.39 is 0 Å². The van der Waals surface area contributed by atoms with Crippen LogP contribution in [-0.4, -0.2) is 42.3 Å². The van der Waals surface area contributed by atoms with Gasteiger partial charge in [-0.05, 0) is 20.9 Å². The fourth-order valence-corrected chi connectivity index (χ4v) is 2.15. The molecule has 1 aromatic heterocycles. The summed E-state index contributed by atoms with van der Waals surface area (Å²) in [5.74, 6) is 1.02. The molecule has 1 aliphatic rings. The van der Waals surface area contributed by atoms with E-state index in [-0.39, 0.29) is 5.60 Å². The first-order valence-electron chi connectivity index (χ1n) is 5.95. The minimum atomic E-state index is -0.111. The molecule has 1 fully saturated rings. The molecule has 0 bridgehead atoms. The Labute approximate surface area is 102 Å². The number of nitrogens with one attached hydrogen (secondary N) is 1. The van der Waals surface area contributed by atoms with Crippen molar-refractivity contribution in [1.29, 1.82) is 0 Å². The smallest absolute Gasteiger partial charge is 0.136 e. The second-order valence-corrected chi connectivity index (χ2v) is 4.93. The van der Waals surface area contributed by atoms with E-state index in [4.69, 9.17) is 4.74 Å². The van der Waals surface area contributed by atoms with Crippen LogP contribution in [0.5, 0.6) is 0 Å². The van der Waals surface area contributed by atoms with Crippen molar-refractivity contribution in [1.82, 2.24) is 15.3 Å². The van der Waals surface area contributed by atoms with Crippen LogP contribution in [0.1, 0.15) is 19.4 Å². The van der Waals surface area contributed by atoms with Crippen LogP contribution in [0.4, 0.5) is 5.82 Å². The highest BCUT2D eigenvalue weighted by Gasteiger charge is 2.28. The molecule has 17 heavy (non-hydrogen) atoms. The zero-order valence-electron chi connectivity index (χ0n) is 10.7. The zero-order valence-corrected chi connectivity index (χ0v) is 10.7. The maximum absolute atomic E-state index is 5.72. The average molecular weight is 236 g/mol. The molecule has 1 N–H and O–H groups in total. The molecule has 1 saturated heterocycles. The van der Waals surface area contributed by atoms with Crippen LogP contribution in [0.2, 0.25) is 0 Å². The summed E-state index contributed by atoms with van der Waals surface area (Å²) in [6.45, 7) is 7.50. The van der Waals surface area contributed by atoms with Crippen LogP contribution in [-0.2, 0) is 11.3 Å². The van der Waals surface area contributed by atoms with Gasteiger partial charge in [0.1, 0.15) is 12.1 Å². The van der Waals surface area contributed by atoms with Gasteiger partial charge in [-0.2, -0.15) is 0 Å². The van der Waals surface area contributed by atoms with Crippen LogP contribution in [0.25, 0.3) is 0 Å². The lowest BCUT2D eigenvalue weighted by Gasteiger charge is -2.39. The number of rotatable bonds is 3. The van der Waals surface area contributed by atoms with Gasteiger partial charge in [0.2, 0.25) is 0 Å². The van der Waals surface area contributed by atoms with Gasteiger partial charge in [-0.1, -0.05) is 0 Å². The van der Waals surface area contributed by atoms with E-state index in [9.17, 15) is 0 Å². The van der Waals surface area contributed by atoms with Crippen LogP contribution in [0.15, 0.2) is 12.5 Å². The average Bonchev–Trinajstić information content (AvgIpc) is 2.29. The molecule has 0 amide bonds. The summed E-state index contributed by atoms with van der Waals surface area (Å²) < 4.78 is 5.72. The molecule has 1 aliphatic heterocycles. The topological polar surface area (TPSA) is 50.3 Å². The van der Waals surface area contributed by atoms with E-state index in [1.807, 2.05) is 13.2 Å². The van der Waals surface area contributed by atoms with Gasteiger partial charge < -0.3 is 15.0 Å². The number of hydrogen-bond acceptors (Lipinski definition) is 5. The van der Waals surface area contributed by atoms with Crippen molar-refractivity contribution in [3.63, 3.8) is 0 Å². The van der Waals surface area contributed by atoms with Crippen LogP contribution >= 0.6 is 0 Å². The van der Waals surface area contributed by atoms with Crippen LogP contribution in [0, 0.1) is 0 Å². The SMILES string of the molecule is CNCc1cncnc1N1CCOC(C)(C)C1. The van der Waals surface area contributed by atoms with Crippen molar-refractivity contribution in [3.05, 3.63) is 18.1 Å². The van der Waals surface area contributed by atoms with Crippen molar-refractivity contribution < 1.29 is 4.74 Å². The molecule has 0 spiro atoms. The largest absolute Gasteiger partial charge is 0.372 e. The lowest BCUT2D eigenvalue weighted by molar-refractivity contribution is -0.0279. The van der Waals surface area contributed by atoms with E-state index in [1.54, 1.807) is 6.33 Å². The number of anilines is 1. The normalized spacial score (nSPS) is 19.4. The summed E-state index contributed by atoms with van der Waals surface area (Å²) in [6, 6.07) is 0. The zero-order chi connectivity index (χ0) is 12.3. The first-order chi connectivity index (χ1) is 8.12. The molecule has 0 unspecified atom stereocenters. The Kier molecular flexibility index (Phi) is 3.59. The molecule has 0 aromatic carbocycles. The molecule has 1 aromatic rings. The fourth-order valence-electron chi connectivity index (χ4n) is 2.15. The predicted octanol–water partition coefficient (Wildman–Crippen LogP) is 0.811. The number of nitrogens with zero attached hydrogens (tertiary/aromatic N) is 3. The molecule has 0 atom stereocenters. The van der Waals surface area contributed by atoms with Crippen molar-refractivity contribution in [2.75, 3.05) is 31.6 Å². The molecule has 0 saturated carbocycles. The fraction of sp³-hybridized carbons (Fsp3) is 0.667. The highest BCUT2D eigenvalue weighted by atomic mass is 16.5. The van der Waals surface area contributed by atoms with Gasteiger partial charge >= 0.3 is 0 Å². The molecule has 5 heteroatoms. The van der Waals surface area contributed by atoms with Gasteiger partial charge in [0.25, 0.3) is 0 Å². The summed E-state index contributed by atoms with van der Waals surface area (Å²) in [6.07, 6.45) is 3.48. The first-order valence-corrected chi connectivity index (χ1v) is 5.95. The van der Waals surface area contributed by atoms with Crippen LogP contribution in [0.3, 0.4) is 0 Å².